The van der Waals surface area contributed by atoms with Gasteiger partial charge in [-0.15, -0.1) is 0 Å². The highest BCUT2D eigenvalue weighted by molar-refractivity contribution is 5.89. The number of ether oxygens (including phenoxy) is 1. The van der Waals surface area contributed by atoms with Crippen molar-refractivity contribution in [1.82, 2.24) is 9.97 Å². The van der Waals surface area contributed by atoms with Crippen molar-refractivity contribution in [3.05, 3.63) is 59.4 Å². The Morgan fingerprint density at radius 3 is 2.68 bits per heavy atom. The highest BCUT2D eigenvalue weighted by atomic mass is 16.5. The molecule has 2 aromatic carbocycles. The minimum absolute atomic E-state index is 0.693. The van der Waals surface area contributed by atoms with Crippen LogP contribution in [0.1, 0.15) is 16.7 Å². The zero-order valence-corrected chi connectivity index (χ0v) is 13.1. The molecule has 4 heteroatoms. The standard InChI is InChI=1S/C18H19N3O/c1-12-4-5-17-16(8-12)18(21-11-20-17)19-10-14-6-13(2)7-15(9-14)22-3/h4-9,11H,10H2,1-3H3,(H,19,20,21). The minimum Gasteiger partial charge on any atom is -0.497 e. The number of anilines is 1. The maximum absolute atomic E-state index is 5.32. The molecular formula is C18H19N3O. The van der Waals surface area contributed by atoms with E-state index in [4.69, 9.17) is 4.74 Å². The fourth-order valence-corrected chi connectivity index (χ4v) is 2.54. The first-order chi connectivity index (χ1) is 10.7. The van der Waals surface area contributed by atoms with E-state index in [-0.39, 0.29) is 0 Å². The normalized spacial score (nSPS) is 10.7. The van der Waals surface area contributed by atoms with Crippen LogP contribution >= 0.6 is 0 Å². The van der Waals surface area contributed by atoms with Crippen molar-refractivity contribution in [2.75, 3.05) is 12.4 Å². The number of nitrogens with zero attached hydrogens (tertiary/aromatic N) is 2. The fourth-order valence-electron chi connectivity index (χ4n) is 2.54. The molecule has 0 amide bonds. The third-order valence-corrected chi connectivity index (χ3v) is 3.60. The van der Waals surface area contributed by atoms with E-state index in [1.165, 1.54) is 11.1 Å². The molecule has 0 aliphatic carbocycles. The molecule has 1 aromatic heterocycles. The number of rotatable bonds is 4. The van der Waals surface area contributed by atoms with Gasteiger partial charge in [0.05, 0.1) is 12.6 Å². The van der Waals surface area contributed by atoms with Gasteiger partial charge in [0.2, 0.25) is 0 Å². The van der Waals surface area contributed by atoms with Crippen molar-refractivity contribution in [3.8, 4) is 5.75 Å². The Kier molecular flexibility index (Phi) is 3.92. The quantitative estimate of drug-likeness (QED) is 0.793. The van der Waals surface area contributed by atoms with Gasteiger partial charge in [0.1, 0.15) is 17.9 Å². The fraction of sp³-hybridized carbons (Fsp3) is 0.222. The molecule has 3 aromatic rings. The number of aryl methyl sites for hydroxylation is 2. The van der Waals surface area contributed by atoms with E-state index >= 15 is 0 Å². The van der Waals surface area contributed by atoms with Crippen molar-refractivity contribution in [2.24, 2.45) is 0 Å². The van der Waals surface area contributed by atoms with Gasteiger partial charge in [-0.25, -0.2) is 9.97 Å². The molecule has 0 radical (unpaired) electrons. The smallest absolute Gasteiger partial charge is 0.137 e. The van der Waals surface area contributed by atoms with Crippen LogP contribution in [0, 0.1) is 13.8 Å². The number of aromatic nitrogens is 2. The largest absolute Gasteiger partial charge is 0.497 e. The first-order valence-electron chi connectivity index (χ1n) is 7.25. The maximum Gasteiger partial charge on any atom is 0.137 e. The van der Waals surface area contributed by atoms with E-state index in [0.29, 0.717) is 6.54 Å². The Labute approximate surface area is 130 Å². The van der Waals surface area contributed by atoms with E-state index in [2.05, 4.69) is 47.3 Å². The maximum atomic E-state index is 5.32. The Hall–Kier alpha value is -2.62. The van der Waals surface area contributed by atoms with Gasteiger partial charge < -0.3 is 10.1 Å². The van der Waals surface area contributed by atoms with Gasteiger partial charge >= 0.3 is 0 Å². The molecule has 1 N–H and O–H groups in total. The van der Waals surface area contributed by atoms with Gasteiger partial charge in [-0.2, -0.15) is 0 Å². The topological polar surface area (TPSA) is 47.0 Å². The predicted octanol–water partition coefficient (Wildman–Crippen LogP) is 3.87. The zero-order valence-electron chi connectivity index (χ0n) is 13.1. The first-order valence-corrected chi connectivity index (χ1v) is 7.25. The Morgan fingerprint density at radius 1 is 1.00 bits per heavy atom. The van der Waals surface area contributed by atoms with Crippen molar-refractivity contribution in [3.63, 3.8) is 0 Å². The Morgan fingerprint density at radius 2 is 1.86 bits per heavy atom. The molecule has 0 saturated carbocycles. The van der Waals surface area contributed by atoms with Crippen LogP contribution < -0.4 is 10.1 Å². The average molecular weight is 293 g/mol. The summed E-state index contributed by atoms with van der Waals surface area (Å²) >= 11 is 0. The van der Waals surface area contributed by atoms with Crippen LogP contribution in [0.4, 0.5) is 5.82 Å². The first kappa shape index (κ1) is 14.3. The summed E-state index contributed by atoms with van der Waals surface area (Å²) in [5, 5.41) is 4.45. The summed E-state index contributed by atoms with van der Waals surface area (Å²) in [5.74, 6) is 1.73. The van der Waals surface area contributed by atoms with E-state index < -0.39 is 0 Å². The van der Waals surface area contributed by atoms with Crippen LogP contribution in [0.5, 0.6) is 5.75 Å². The van der Waals surface area contributed by atoms with Gasteiger partial charge in [-0.1, -0.05) is 17.7 Å². The summed E-state index contributed by atoms with van der Waals surface area (Å²) < 4.78 is 5.32. The third-order valence-electron chi connectivity index (χ3n) is 3.60. The molecule has 0 unspecified atom stereocenters. The van der Waals surface area contributed by atoms with Crippen molar-refractivity contribution in [2.45, 2.75) is 20.4 Å². The molecule has 1 heterocycles. The second kappa shape index (κ2) is 6.02. The van der Waals surface area contributed by atoms with Crippen LogP contribution in [0.3, 0.4) is 0 Å². The molecule has 0 atom stereocenters. The van der Waals surface area contributed by atoms with E-state index in [0.717, 1.165) is 28.0 Å². The van der Waals surface area contributed by atoms with E-state index in [1.807, 2.05) is 18.2 Å². The van der Waals surface area contributed by atoms with Gasteiger partial charge in [-0.05, 0) is 49.2 Å². The monoisotopic (exact) mass is 293 g/mol. The van der Waals surface area contributed by atoms with E-state index in [1.54, 1.807) is 13.4 Å². The summed E-state index contributed by atoms with van der Waals surface area (Å²) in [6.45, 7) is 4.83. The number of hydrogen-bond acceptors (Lipinski definition) is 4. The minimum atomic E-state index is 0.693. The predicted molar refractivity (Wildman–Crippen MR) is 89.3 cm³/mol. The SMILES string of the molecule is COc1cc(C)cc(CNc2ncnc3ccc(C)cc23)c1. The molecule has 3 rings (SSSR count). The van der Waals surface area contributed by atoms with Crippen LogP contribution in [-0.4, -0.2) is 17.1 Å². The molecule has 0 spiro atoms. The lowest BCUT2D eigenvalue weighted by molar-refractivity contribution is 0.414. The lowest BCUT2D eigenvalue weighted by atomic mass is 10.1. The van der Waals surface area contributed by atoms with Crippen LogP contribution in [0.25, 0.3) is 10.9 Å². The van der Waals surface area contributed by atoms with Gasteiger partial charge in [0.15, 0.2) is 0 Å². The number of methoxy groups -OCH3 is 1. The van der Waals surface area contributed by atoms with Crippen molar-refractivity contribution < 1.29 is 4.74 Å². The lowest BCUT2D eigenvalue weighted by Crippen LogP contribution is -2.03. The lowest BCUT2D eigenvalue weighted by Gasteiger charge is -2.10. The third kappa shape index (κ3) is 3.01. The van der Waals surface area contributed by atoms with E-state index in [9.17, 15) is 0 Å². The van der Waals surface area contributed by atoms with Gasteiger partial charge in [0, 0.05) is 11.9 Å². The summed E-state index contributed by atoms with van der Waals surface area (Å²) in [7, 11) is 1.69. The summed E-state index contributed by atoms with van der Waals surface area (Å²) in [6, 6.07) is 12.4. The number of benzene rings is 2. The summed E-state index contributed by atoms with van der Waals surface area (Å²) in [5.41, 5.74) is 4.49. The highest BCUT2D eigenvalue weighted by Crippen LogP contribution is 2.22. The molecule has 0 bridgehead atoms. The molecule has 112 valence electrons. The molecular weight excluding hydrogens is 274 g/mol. The van der Waals surface area contributed by atoms with Gasteiger partial charge in [-0.3, -0.25) is 0 Å². The summed E-state index contributed by atoms with van der Waals surface area (Å²) in [4.78, 5) is 8.68. The van der Waals surface area contributed by atoms with Crippen LogP contribution in [-0.2, 0) is 6.54 Å². The van der Waals surface area contributed by atoms with Crippen LogP contribution in [0.2, 0.25) is 0 Å². The Balaban J connectivity index is 1.88. The Bertz CT molecular complexity index is 815. The summed E-state index contributed by atoms with van der Waals surface area (Å²) in [6.07, 6.45) is 1.59. The molecule has 0 saturated heterocycles. The number of hydrogen-bond donors (Lipinski definition) is 1. The second-order valence-electron chi connectivity index (χ2n) is 5.45. The second-order valence-corrected chi connectivity index (χ2v) is 5.45. The van der Waals surface area contributed by atoms with Crippen LogP contribution in [0.15, 0.2) is 42.7 Å². The highest BCUT2D eigenvalue weighted by Gasteiger charge is 2.05. The molecule has 0 aliphatic heterocycles. The van der Waals surface area contributed by atoms with Crippen molar-refractivity contribution in [1.29, 1.82) is 0 Å². The molecule has 0 aliphatic rings. The van der Waals surface area contributed by atoms with Gasteiger partial charge in [0.25, 0.3) is 0 Å². The molecule has 22 heavy (non-hydrogen) atoms. The molecule has 0 fully saturated rings. The van der Waals surface area contributed by atoms with Crippen molar-refractivity contribution >= 4 is 16.7 Å². The molecule has 4 nitrogen and oxygen atoms in total. The zero-order chi connectivity index (χ0) is 15.5. The number of fused-ring (bicyclic) bond motifs is 1. The average Bonchev–Trinajstić information content (AvgIpc) is 2.52. The number of nitrogens with one attached hydrogen (secondary N) is 1.